The molecule has 1 aromatic heterocycles. The van der Waals surface area contributed by atoms with Crippen LogP contribution in [0.15, 0.2) is 40.8 Å². The zero-order chi connectivity index (χ0) is 17.2. The molecule has 0 radical (unpaired) electrons. The van der Waals surface area contributed by atoms with Crippen LogP contribution in [0, 0.1) is 11.7 Å². The lowest BCUT2D eigenvalue weighted by molar-refractivity contribution is 0.0674. The van der Waals surface area contributed by atoms with Crippen molar-refractivity contribution >= 4 is 5.91 Å². The third-order valence-corrected chi connectivity index (χ3v) is 5.12. The highest BCUT2D eigenvalue weighted by Gasteiger charge is 2.27. The van der Waals surface area contributed by atoms with Crippen LogP contribution in [-0.4, -0.2) is 36.5 Å². The molecule has 5 heteroatoms. The third kappa shape index (κ3) is 3.93. The summed E-state index contributed by atoms with van der Waals surface area (Å²) in [7, 11) is 0. The van der Waals surface area contributed by atoms with Crippen LogP contribution in [-0.2, 0) is 0 Å². The molecule has 2 aromatic rings. The molecule has 4 rings (SSSR count). The average molecular weight is 342 g/mol. The van der Waals surface area contributed by atoms with Crippen LogP contribution in [0.5, 0.6) is 0 Å². The van der Waals surface area contributed by atoms with Crippen LogP contribution in [0.4, 0.5) is 4.39 Å². The Morgan fingerprint density at radius 1 is 1.08 bits per heavy atom. The molecule has 2 heterocycles. The summed E-state index contributed by atoms with van der Waals surface area (Å²) < 4.78 is 18.7. The number of nitrogens with one attached hydrogen (secondary N) is 1. The monoisotopic (exact) mass is 342 g/mol. The maximum Gasteiger partial charge on any atom is 0.289 e. The van der Waals surface area contributed by atoms with Crippen LogP contribution >= 0.6 is 0 Å². The fourth-order valence-electron chi connectivity index (χ4n) is 3.32. The summed E-state index contributed by atoms with van der Waals surface area (Å²) in [6, 6.07) is 10.1. The van der Waals surface area contributed by atoms with Gasteiger partial charge in [-0.2, -0.15) is 0 Å². The standard InChI is InChI=1S/C20H23FN2O2/c21-16-5-3-15(4-6-16)18-7-8-19(25-18)20(24)23-11-9-17(10-12-23)22-13-14-1-2-14/h3-8,14,17,22H,1-2,9-13H2. The molecule has 0 spiro atoms. The van der Waals surface area contributed by atoms with E-state index in [1.165, 1.54) is 25.0 Å². The topological polar surface area (TPSA) is 45.5 Å². The summed E-state index contributed by atoms with van der Waals surface area (Å²) in [6.07, 6.45) is 4.70. The van der Waals surface area contributed by atoms with E-state index in [0.717, 1.165) is 44.0 Å². The van der Waals surface area contributed by atoms with Crippen molar-refractivity contribution in [3.05, 3.63) is 48.0 Å². The number of hydrogen-bond donors (Lipinski definition) is 1. The summed E-state index contributed by atoms with van der Waals surface area (Å²) in [5.74, 6) is 1.47. The quantitative estimate of drug-likeness (QED) is 0.901. The van der Waals surface area contributed by atoms with E-state index in [-0.39, 0.29) is 11.7 Å². The lowest BCUT2D eigenvalue weighted by Crippen LogP contribution is -2.45. The molecule has 2 aliphatic rings. The van der Waals surface area contributed by atoms with Gasteiger partial charge in [-0.05, 0) is 74.5 Å². The van der Waals surface area contributed by atoms with Gasteiger partial charge in [0.15, 0.2) is 5.76 Å². The summed E-state index contributed by atoms with van der Waals surface area (Å²) in [4.78, 5) is 14.5. The van der Waals surface area contributed by atoms with E-state index < -0.39 is 0 Å². The van der Waals surface area contributed by atoms with E-state index in [1.807, 2.05) is 4.90 Å². The Hall–Kier alpha value is -2.14. The number of halogens is 1. The Bertz CT molecular complexity index is 728. The van der Waals surface area contributed by atoms with Crippen molar-refractivity contribution in [3.63, 3.8) is 0 Å². The van der Waals surface area contributed by atoms with Crippen molar-refractivity contribution in [2.24, 2.45) is 5.92 Å². The second-order valence-corrected chi connectivity index (χ2v) is 7.09. The first-order valence-electron chi connectivity index (χ1n) is 9.07. The predicted octanol–water partition coefficient (Wildman–Crippen LogP) is 3.69. The van der Waals surface area contributed by atoms with Crippen LogP contribution in [0.2, 0.25) is 0 Å². The van der Waals surface area contributed by atoms with Gasteiger partial charge in [0.05, 0.1) is 0 Å². The smallest absolute Gasteiger partial charge is 0.289 e. The van der Waals surface area contributed by atoms with Crippen molar-refractivity contribution in [2.45, 2.75) is 31.7 Å². The molecular weight excluding hydrogens is 319 g/mol. The molecule has 0 atom stereocenters. The van der Waals surface area contributed by atoms with Crippen LogP contribution in [0.3, 0.4) is 0 Å². The van der Waals surface area contributed by atoms with Crippen molar-refractivity contribution in [2.75, 3.05) is 19.6 Å². The number of furan rings is 1. The minimum Gasteiger partial charge on any atom is -0.451 e. The molecule has 1 amide bonds. The molecule has 1 aliphatic carbocycles. The van der Waals surface area contributed by atoms with E-state index in [1.54, 1.807) is 24.3 Å². The fraction of sp³-hybridized carbons (Fsp3) is 0.450. The van der Waals surface area contributed by atoms with E-state index in [2.05, 4.69) is 5.32 Å². The molecule has 1 saturated carbocycles. The summed E-state index contributed by atoms with van der Waals surface area (Å²) in [5.41, 5.74) is 0.767. The zero-order valence-electron chi connectivity index (χ0n) is 14.2. The van der Waals surface area contributed by atoms with Gasteiger partial charge in [0.2, 0.25) is 0 Å². The normalized spacial score (nSPS) is 18.5. The van der Waals surface area contributed by atoms with Gasteiger partial charge in [0.25, 0.3) is 5.91 Å². The van der Waals surface area contributed by atoms with Gasteiger partial charge in [-0.15, -0.1) is 0 Å². The highest BCUT2D eigenvalue weighted by molar-refractivity contribution is 5.92. The maximum atomic E-state index is 13.0. The minimum absolute atomic E-state index is 0.0611. The first-order chi connectivity index (χ1) is 12.2. The van der Waals surface area contributed by atoms with Crippen molar-refractivity contribution < 1.29 is 13.6 Å². The SMILES string of the molecule is O=C(c1ccc(-c2ccc(F)cc2)o1)N1CCC(NCC2CC2)CC1. The summed E-state index contributed by atoms with van der Waals surface area (Å²) in [5, 5.41) is 3.62. The number of carbonyl (C=O) groups excluding carboxylic acids is 1. The second kappa shape index (κ2) is 7.00. The lowest BCUT2D eigenvalue weighted by atomic mass is 10.0. The predicted molar refractivity (Wildman–Crippen MR) is 93.8 cm³/mol. The molecule has 1 aliphatic heterocycles. The van der Waals surface area contributed by atoms with E-state index >= 15 is 0 Å². The Labute approximate surface area is 147 Å². The molecule has 0 bridgehead atoms. The van der Waals surface area contributed by atoms with Gasteiger partial charge >= 0.3 is 0 Å². The molecule has 4 nitrogen and oxygen atoms in total. The van der Waals surface area contributed by atoms with Gasteiger partial charge in [-0.3, -0.25) is 4.79 Å². The summed E-state index contributed by atoms with van der Waals surface area (Å²) in [6.45, 7) is 2.64. The van der Waals surface area contributed by atoms with Gasteiger partial charge in [0, 0.05) is 24.7 Å². The second-order valence-electron chi connectivity index (χ2n) is 7.09. The maximum absolute atomic E-state index is 13.0. The van der Waals surface area contributed by atoms with Crippen molar-refractivity contribution in [1.29, 1.82) is 0 Å². The number of amides is 1. The number of piperidine rings is 1. The largest absolute Gasteiger partial charge is 0.451 e. The number of likely N-dealkylation sites (tertiary alicyclic amines) is 1. The first-order valence-corrected chi connectivity index (χ1v) is 9.07. The minimum atomic E-state index is -0.287. The highest BCUT2D eigenvalue weighted by atomic mass is 19.1. The number of benzene rings is 1. The van der Waals surface area contributed by atoms with Crippen molar-refractivity contribution in [3.8, 4) is 11.3 Å². The number of carbonyl (C=O) groups is 1. The van der Waals surface area contributed by atoms with Gasteiger partial charge in [-0.25, -0.2) is 4.39 Å². The molecule has 1 N–H and O–H groups in total. The third-order valence-electron chi connectivity index (χ3n) is 5.12. The Morgan fingerprint density at radius 2 is 1.80 bits per heavy atom. The molecule has 2 fully saturated rings. The molecule has 1 aromatic carbocycles. The first kappa shape index (κ1) is 16.3. The van der Waals surface area contributed by atoms with Crippen LogP contribution < -0.4 is 5.32 Å². The van der Waals surface area contributed by atoms with Crippen LogP contribution in [0.25, 0.3) is 11.3 Å². The molecule has 132 valence electrons. The number of hydrogen-bond acceptors (Lipinski definition) is 3. The fourth-order valence-corrected chi connectivity index (χ4v) is 3.32. The Kier molecular flexibility index (Phi) is 4.57. The Balaban J connectivity index is 1.34. The zero-order valence-corrected chi connectivity index (χ0v) is 14.2. The Morgan fingerprint density at radius 3 is 2.48 bits per heavy atom. The van der Waals surface area contributed by atoms with Gasteiger partial charge < -0.3 is 14.6 Å². The van der Waals surface area contributed by atoms with E-state index in [4.69, 9.17) is 4.42 Å². The van der Waals surface area contributed by atoms with Gasteiger partial charge in [0.1, 0.15) is 11.6 Å². The molecule has 25 heavy (non-hydrogen) atoms. The molecule has 1 saturated heterocycles. The van der Waals surface area contributed by atoms with Crippen LogP contribution in [0.1, 0.15) is 36.2 Å². The number of rotatable bonds is 5. The molecular formula is C20H23FN2O2. The lowest BCUT2D eigenvalue weighted by Gasteiger charge is -2.32. The van der Waals surface area contributed by atoms with Gasteiger partial charge in [-0.1, -0.05) is 0 Å². The summed E-state index contributed by atoms with van der Waals surface area (Å²) >= 11 is 0. The van der Waals surface area contributed by atoms with E-state index in [0.29, 0.717) is 17.6 Å². The highest BCUT2D eigenvalue weighted by Crippen LogP contribution is 2.28. The average Bonchev–Trinajstić information content (AvgIpc) is 3.35. The molecule has 0 unspecified atom stereocenters. The van der Waals surface area contributed by atoms with Crippen molar-refractivity contribution in [1.82, 2.24) is 10.2 Å². The van der Waals surface area contributed by atoms with E-state index in [9.17, 15) is 9.18 Å². The number of nitrogens with zero attached hydrogens (tertiary/aromatic N) is 1.